The highest BCUT2D eigenvalue weighted by molar-refractivity contribution is 5.80. The van der Waals surface area contributed by atoms with Gasteiger partial charge in [0, 0.05) is 58.1 Å². The molecule has 3 aromatic carbocycles. The summed E-state index contributed by atoms with van der Waals surface area (Å²) >= 11 is 0. The molecule has 12 heteroatoms. The van der Waals surface area contributed by atoms with Crippen molar-refractivity contribution in [2.24, 2.45) is 5.41 Å². The lowest BCUT2D eigenvalue weighted by Gasteiger charge is -2.49. The van der Waals surface area contributed by atoms with Crippen molar-refractivity contribution in [2.45, 2.75) is 43.9 Å². The maximum atomic E-state index is 11.9. The summed E-state index contributed by atoms with van der Waals surface area (Å²) in [5, 5.41) is 47.4. The molecule has 0 aromatic heterocycles. The number of rotatable bonds is 4. The molecular formula is C26H20N4O8. The van der Waals surface area contributed by atoms with Gasteiger partial charge in [-0.1, -0.05) is 39.8 Å². The Morgan fingerprint density at radius 3 is 1.11 bits per heavy atom. The molecule has 3 aliphatic carbocycles. The van der Waals surface area contributed by atoms with Crippen LogP contribution in [0, 0.1) is 45.9 Å². The molecule has 2 unspecified atom stereocenters. The average molecular weight is 516 g/mol. The number of nitro benzene ring substituents is 4. The van der Waals surface area contributed by atoms with Gasteiger partial charge in [0.15, 0.2) is 0 Å². The average Bonchev–Trinajstić information content (AvgIpc) is 3.22. The van der Waals surface area contributed by atoms with Crippen LogP contribution in [0.25, 0.3) is 0 Å². The third kappa shape index (κ3) is 2.12. The highest BCUT2D eigenvalue weighted by Crippen LogP contribution is 2.82. The first-order valence-electron chi connectivity index (χ1n) is 11.7. The van der Waals surface area contributed by atoms with Gasteiger partial charge in [-0.25, -0.2) is 0 Å². The summed E-state index contributed by atoms with van der Waals surface area (Å²) in [4.78, 5) is 44.8. The van der Waals surface area contributed by atoms with Crippen molar-refractivity contribution < 1.29 is 19.7 Å². The van der Waals surface area contributed by atoms with E-state index in [1.165, 1.54) is 36.4 Å². The van der Waals surface area contributed by atoms with Crippen LogP contribution in [0.5, 0.6) is 0 Å². The van der Waals surface area contributed by atoms with Crippen molar-refractivity contribution in [3.8, 4) is 0 Å². The third-order valence-electron chi connectivity index (χ3n) is 10.2. The molecule has 3 aliphatic rings. The highest BCUT2D eigenvalue weighted by atomic mass is 16.6. The lowest BCUT2D eigenvalue weighted by atomic mass is 9.52. The van der Waals surface area contributed by atoms with Crippen LogP contribution in [-0.4, -0.2) is 19.7 Å². The minimum absolute atomic E-state index is 0.146. The predicted molar refractivity (Wildman–Crippen MR) is 133 cm³/mol. The fourth-order valence-electron chi connectivity index (χ4n) is 8.24. The van der Waals surface area contributed by atoms with Crippen molar-refractivity contribution in [3.05, 3.63) is 122 Å². The molecule has 0 saturated heterocycles. The van der Waals surface area contributed by atoms with Crippen LogP contribution in [0.1, 0.15) is 61.1 Å². The highest BCUT2D eigenvalue weighted by Gasteiger charge is 2.80. The molecule has 38 heavy (non-hydrogen) atoms. The van der Waals surface area contributed by atoms with Gasteiger partial charge >= 0.3 is 11.4 Å². The van der Waals surface area contributed by atoms with Crippen LogP contribution >= 0.6 is 0 Å². The molecule has 0 aliphatic heterocycles. The van der Waals surface area contributed by atoms with Crippen molar-refractivity contribution in [3.63, 3.8) is 0 Å². The first-order chi connectivity index (χ1) is 17.7. The number of hydrogen-bond donors (Lipinski definition) is 0. The quantitative estimate of drug-likeness (QED) is 0.319. The fraction of sp³-hybridized carbons (Fsp3) is 0.308. The second-order valence-electron chi connectivity index (χ2n) is 10.9. The van der Waals surface area contributed by atoms with Crippen molar-refractivity contribution >= 4 is 22.7 Å². The summed E-state index contributed by atoms with van der Waals surface area (Å²) in [6.45, 7) is 7.68. The van der Waals surface area contributed by atoms with Crippen LogP contribution in [-0.2, 0) is 16.2 Å². The Balaban J connectivity index is 1.86. The molecule has 2 atom stereocenters. The number of nitrogens with zero attached hydrogens (tertiary/aromatic N) is 4. The SMILES string of the molecule is CC12c3cc([N+](=O)[O-])ccc3C3(C)c4cc([N+](=O)[O-])c([N+](=O)[O-])cc4C(C)(c4ccc([N+](=O)[O-])cc41)C23C. The number of hydrogen-bond acceptors (Lipinski definition) is 8. The van der Waals surface area contributed by atoms with Crippen LogP contribution in [0.2, 0.25) is 0 Å². The molecule has 0 amide bonds. The smallest absolute Gasteiger partial charge is 0.258 e. The Labute approximate surface area is 214 Å². The van der Waals surface area contributed by atoms with E-state index in [-0.39, 0.29) is 11.4 Å². The molecule has 0 saturated carbocycles. The third-order valence-corrected chi connectivity index (χ3v) is 10.2. The van der Waals surface area contributed by atoms with Crippen molar-refractivity contribution in [2.75, 3.05) is 0 Å². The lowest BCUT2D eigenvalue weighted by molar-refractivity contribution is -0.422. The minimum atomic E-state index is -1.01. The Bertz CT molecular complexity index is 1600. The molecule has 6 rings (SSSR count). The zero-order valence-corrected chi connectivity index (χ0v) is 20.7. The Kier molecular flexibility index (Phi) is 4.09. The Hall–Kier alpha value is -4.74. The van der Waals surface area contributed by atoms with E-state index in [2.05, 4.69) is 0 Å². The monoisotopic (exact) mass is 516 g/mol. The molecule has 0 N–H and O–H groups in total. The van der Waals surface area contributed by atoms with Gasteiger partial charge < -0.3 is 0 Å². The number of benzene rings is 3. The van der Waals surface area contributed by atoms with Crippen molar-refractivity contribution in [1.82, 2.24) is 0 Å². The molecular weight excluding hydrogens is 496 g/mol. The summed E-state index contributed by atoms with van der Waals surface area (Å²) in [7, 11) is 0. The summed E-state index contributed by atoms with van der Waals surface area (Å²) < 4.78 is 0. The predicted octanol–water partition coefficient (Wildman–Crippen LogP) is 5.58. The van der Waals surface area contributed by atoms with Gasteiger partial charge in [-0.15, -0.1) is 0 Å². The maximum absolute atomic E-state index is 11.9. The molecule has 3 aromatic rings. The van der Waals surface area contributed by atoms with Gasteiger partial charge in [0.05, 0.1) is 19.7 Å². The molecule has 12 nitrogen and oxygen atoms in total. The van der Waals surface area contributed by atoms with E-state index in [4.69, 9.17) is 0 Å². The molecule has 192 valence electrons. The van der Waals surface area contributed by atoms with E-state index in [0.29, 0.717) is 33.4 Å². The van der Waals surface area contributed by atoms with E-state index in [9.17, 15) is 40.5 Å². The standard InChI is InChI=1S/C26H20N4O8/c1-23-15-7-5-13(27(31)32)9-17(15)25(3)18-10-14(28(33)34)6-8-16(18)24(2,26(23,25)4)20-12-22(30(37)38)21(29(35)36)11-19(20)23/h5-12H,1-4H3. The molecule has 0 spiro atoms. The number of non-ortho nitro benzene ring substituents is 2. The van der Waals surface area contributed by atoms with Gasteiger partial charge in [0.1, 0.15) is 0 Å². The summed E-state index contributed by atoms with van der Waals surface area (Å²) in [5.74, 6) is 0. The minimum Gasteiger partial charge on any atom is -0.258 e. The van der Waals surface area contributed by atoms with Gasteiger partial charge in [-0.3, -0.25) is 40.5 Å². The van der Waals surface area contributed by atoms with Crippen LogP contribution < -0.4 is 0 Å². The molecule has 0 radical (unpaired) electrons. The topological polar surface area (TPSA) is 173 Å². The summed E-state index contributed by atoms with van der Waals surface area (Å²) in [5.41, 5.74) is -1.78. The van der Waals surface area contributed by atoms with Crippen LogP contribution in [0.3, 0.4) is 0 Å². The summed E-state index contributed by atoms with van der Waals surface area (Å²) in [6, 6.07) is 11.5. The zero-order chi connectivity index (χ0) is 27.7. The first kappa shape index (κ1) is 23.6. The van der Waals surface area contributed by atoms with Gasteiger partial charge in [0.2, 0.25) is 0 Å². The lowest BCUT2D eigenvalue weighted by Crippen LogP contribution is -2.51. The largest absolute Gasteiger partial charge is 0.346 e. The number of nitro groups is 4. The van der Waals surface area contributed by atoms with Gasteiger partial charge in [-0.2, -0.15) is 0 Å². The van der Waals surface area contributed by atoms with Gasteiger partial charge in [0.25, 0.3) is 11.4 Å². The van der Waals surface area contributed by atoms with E-state index in [1.54, 1.807) is 12.1 Å². The van der Waals surface area contributed by atoms with Crippen LogP contribution in [0.4, 0.5) is 22.7 Å². The van der Waals surface area contributed by atoms with Gasteiger partial charge in [-0.05, 0) is 33.4 Å². The number of fused-ring (bicyclic) bond motifs is 9. The Morgan fingerprint density at radius 2 is 0.789 bits per heavy atom. The second-order valence-corrected chi connectivity index (χ2v) is 10.9. The Morgan fingerprint density at radius 1 is 0.474 bits per heavy atom. The molecule has 0 heterocycles. The second kappa shape index (κ2) is 6.57. The van der Waals surface area contributed by atoms with E-state index in [0.717, 1.165) is 0 Å². The van der Waals surface area contributed by atoms with E-state index in [1.807, 2.05) is 27.7 Å². The maximum Gasteiger partial charge on any atom is 0.346 e. The van der Waals surface area contributed by atoms with Crippen molar-refractivity contribution in [1.29, 1.82) is 0 Å². The first-order valence-corrected chi connectivity index (χ1v) is 11.7. The normalized spacial score (nSPS) is 29.3. The summed E-state index contributed by atoms with van der Waals surface area (Å²) in [6.07, 6.45) is 0. The molecule has 0 bridgehead atoms. The zero-order valence-electron chi connectivity index (χ0n) is 20.7. The van der Waals surface area contributed by atoms with Crippen LogP contribution in [0.15, 0.2) is 48.5 Å². The van der Waals surface area contributed by atoms with E-state index < -0.39 is 52.7 Å². The molecule has 0 fully saturated rings. The van der Waals surface area contributed by atoms with E-state index >= 15 is 0 Å². The fourth-order valence-corrected chi connectivity index (χ4v) is 8.24.